The minimum absolute atomic E-state index is 0.169. The number of hydrogen-bond acceptors (Lipinski definition) is 1. The highest BCUT2D eigenvalue weighted by atomic mass is 32.1. The normalized spacial score (nSPS) is 9.46. The molecule has 0 N–H and O–H groups in total. The van der Waals surface area contributed by atoms with E-state index < -0.39 is 11.9 Å². The van der Waals surface area contributed by atoms with Gasteiger partial charge in [0, 0.05) is 10.9 Å². The highest BCUT2D eigenvalue weighted by molar-refractivity contribution is 7.79. The van der Waals surface area contributed by atoms with Crippen molar-refractivity contribution in [2.45, 2.75) is 0 Å². The number of thiocarbonyl (C=S) groups is 1. The van der Waals surface area contributed by atoms with Crippen LogP contribution in [0.1, 0.15) is 11.1 Å². The predicted molar refractivity (Wildman–Crippen MR) is 49.4 cm³/mol. The van der Waals surface area contributed by atoms with Crippen LogP contribution in [0.25, 0.3) is 5.83 Å². The largest absolute Gasteiger partial charge is 0.306 e. The van der Waals surface area contributed by atoms with Crippen molar-refractivity contribution in [3.8, 4) is 0 Å². The summed E-state index contributed by atoms with van der Waals surface area (Å²) in [5.41, 5.74) is 0.111. The molecule has 0 fully saturated rings. The Morgan fingerprint density at radius 3 is 2.31 bits per heavy atom. The number of halogens is 3. The maximum atomic E-state index is 12.8. The fourth-order valence-corrected chi connectivity index (χ4v) is 1.11. The molecule has 0 aromatic heterocycles. The van der Waals surface area contributed by atoms with E-state index in [1.807, 2.05) is 0 Å². The highest BCUT2D eigenvalue weighted by Crippen LogP contribution is 2.24. The number of rotatable bonds is 2. The van der Waals surface area contributed by atoms with Crippen molar-refractivity contribution < 1.29 is 13.2 Å². The summed E-state index contributed by atoms with van der Waals surface area (Å²) < 4.78 is 36.5. The maximum absolute atomic E-state index is 12.8. The topological polar surface area (TPSA) is 0 Å². The van der Waals surface area contributed by atoms with Gasteiger partial charge in [0.2, 0.25) is 0 Å². The molecule has 0 radical (unpaired) electrons. The Morgan fingerprint density at radius 1 is 1.15 bits per heavy atom. The van der Waals surface area contributed by atoms with Gasteiger partial charge in [-0.2, -0.15) is 8.78 Å². The second-order valence-corrected chi connectivity index (χ2v) is 2.52. The first-order chi connectivity index (χ1) is 6.16. The lowest BCUT2D eigenvalue weighted by Crippen LogP contribution is -1.88. The first kappa shape index (κ1) is 9.92. The monoisotopic (exact) mass is 202 g/mol. The third-order valence-electron chi connectivity index (χ3n) is 1.49. The average molecular weight is 202 g/mol. The van der Waals surface area contributed by atoms with Crippen LogP contribution < -0.4 is 0 Å². The summed E-state index contributed by atoms with van der Waals surface area (Å²) in [6.07, 6.45) is -2.33. The second-order valence-electron chi connectivity index (χ2n) is 2.28. The van der Waals surface area contributed by atoms with Gasteiger partial charge in [-0.15, -0.1) is 0 Å². The number of benzene rings is 1. The third kappa shape index (κ3) is 2.15. The summed E-state index contributed by atoms with van der Waals surface area (Å²) in [6.45, 7) is 0. The van der Waals surface area contributed by atoms with Crippen LogP contribution in [0.15, 0.2) is 30.3 Å². The van der Waals surface area contributed by atoms with Gasteiger partial charge in [0.1, 0.15) is 0 Å². The molecule has 4 heteroatoms. The van der Waals surface area contributed by atoms with Crippen LogP contribution in [0.5, 0.6) is 0 Å². The summed E-state index contributed by atoms with van der Waals surface area (Å²) in [7, 11) is 0. The van der Waals surface area contributed by atoms with E-state index in [1.54, 1.807) is 6.07 Å². The zero-order valence-corrected chi connectivity index (χ0v) is 7.25. The van der Waals surface area contributed by atoms with Crippen molar-refractivity contribution in [1.29, 1.82) is 0 Å². The molecule has 1 aromatic carbocycles. The Morgan fingerprint density at radius 2 is 1.77 bits per heavy atom. The van der Waals surface area contributed by atoms with Gasteiger partial charge in [-0.25, -0.2) is 4.39 Å². The molecular weight excluding hydrogens is 197 g/mol. The van der Waals surface area contributed by atoms with Crippen LogP contribution in [0, 0.1) is 0 Å². The molecule has 0 saturated carbocycles. The van der Waals surface area contributed by atoms with Gasteiger partial charge < -0.3 is 0 Å². The van der Waals surface area contributed by atoms with E-state index in [2.05, 4.69) is 12.2 Å². The maximum Gasteiger partial charge on any atom is 0.306 e. The molecule has 1 aromatic rings. The molecule has 1 rings (SSSR count). The quantitative estimate of drug-likeness (QED) is 0.660. The second kappa shape index (κ2) is 4.18. The standard InChI is InChI=1S/C9H5F3S/c10-8(9(11)12)7-4-2-1-3-6(7)5-13/h1-5H. The Kier molecular flexibility index (Phi) is 3.19. The van der Waals surface area contributed by atoms with Gasteiger partial charge in [-0.05, 0) is 5.56 Å². The van der Waals surface area contributed by atoms with Crippen LogP contribution in [0.2, 0.25) is 0 Å². The van der Waals surface area contributed by atoms with Crippen LogP contribution in [-0.2, 0) is 0 Å². The molecule has 0 spiro atoms. The van der Waals surface area contributed by atoms with Crippen molar-refractivity contribution in [3.63, 3.8) is 0 Å². The van der Waals surface area contributed by atoms with Gasteiger partial charge in [0.15, 0.2) is 5.83 Å². The zero-order valence-electron chi connectivity index (χ0n) is 6.43. The Labute approximate surface area is 78.7 Å². The molecule has 0 heterocycles. The SMILES string of the molecule is FC(F)=C(F)c1ccccc1C=S. The van der Waals surface area contributed by atoms with Crippen molar-refractivity contribution in [1.82, 2.24) is 0 Å². The fraction of sp³-hybridized carbons (Fsp3) is 0. The molecule has 0 nitrogen and oxygen atoms in total. The average Bonchev–Trinajstić information content (AvgIpc) is 2.16. The molecule has 0 unspecified atom stereocenters. The van der Waals surface area contributed by atoms with E-state index in [4.69, 9.17) is 0 Å². The Balaban J connectivity index is 3.29. The number of hydrogen-bond donors (Lipinski definition) is 0. The van der Waals surface area contributed by atoms with Gasteiger partial charge in [-0.3, -0.25) is 0 Å². The summed E-state index contributed by atoms with van der Waals surface area (Å²) in [5, 5.41) is 1.16. The van der Waals surface area contributed by atoms with E-state index >= 15 is 0 Å². The summed E-state index contributed by atoms with van der Waals surface area (Å²) >= 11 is 4.55. The summed E-state index contributed by atoms with van der Waals surface area (Å²) in [5.74, 6) is -1.52. The van der Waals surface area contributed by atoms with E-state index in [0.717, 1.165) is 5.37 Å². The van der Waals surface area contributed by atoms with Gasteiger partial charge in [-0.1, -0.05) is 36.5 Å². The minimum atomic E-state index is -2.33. The van der Waals surface area contributed by atoms with Crippen LogP contribution in [0.3, 0.4) is 0 Å². The lowest BCUT2D eigenvalue weighted by molar-refractivity contribution is 0.410. The van der Waals surface area contributed by atoms with E-state index in [-0.39, 0.29) is 11.1 Å². The first-order valence-electron chi connectivity index (χ1n) is 3.42. The van der Waals surface area contributed by atoms with Crippen molar-refractivity contribution in [2.75, 3.05) is 0 Å². The fourth-order valence-electron chi connectivity index (χ4n) is 0.901. The predicted octanol–water partition coefficient (Wildman–Crippen LogP) is 3.57. The molecule has 0 aliphatic heterocycles. The zero-order chi connectivity index (χ0) is 9.84. The van der Waals surface area contributed by atoms with E-state index in [0.29, 0.717) is 0 Å². The smallest absolute Gasteiger partial charge is 0.200 e. The minimum Gasteiger partial charge on any atom is -0.200 e. The van der Waals surface area contributed by atoms with Crippen LogP contribution in [0.4, 0.5) is 13.2 Å². The molecular formula is C9H5F3S. The van der Waals surface area contributed by atoms with Gasteiger partial charge in [0.25, 0.3) is 0 Å². The Bertz CT molecular complexity index is 354. The molecule has 0 amide bonds. The Hall–Kier alpha value is -1.16. The van der Waals surface area contributed by atoms with Gasteiger partial charge in [0.05, 0.1) is 0 Å². The highest BCUT2D eigenvalue weighted by Gasteiger charge is 2.10. The summed E-state index contributed by atoms with van der Waals surface area (Å²) in [4.78, 5) is 0. The first-order valence-corrected chi connectivity index (χ1v) is 3.89. The third-order valence-corrected chi connectivity index (χ3v) is 1.74. The van der Waals surface area contributed by atoms with Crippen molar-refractivity contribution in [2.24, 2.45) is 0 Å². The lowest BCUT2D eigenvalue weighted by Gasteiger charge is -2.00. The van der Waals surface area contributed by atoms with Crippen molar-refractivity contribution in [3.05, 3.63) is 41.5 Å². The van der Waals surface area contributed by atoms with Crippen molar-refractivity contribution >= 4 is 23.4 Å². The molecule has 0 atom stereocenters. The summed E-state index contributed by atoms with van der Waals surface area (Å²) in [6, 6.07) is 5.81. The van der Waals surface area contributed by atoms with Crippen LogP contribution >= 0.6 is 12.2 Å². The van der Waals surface area contributed by atoms with Gasteiger partial charge >= 0.3 is 6.08 Å². The van der Waals surface area contributed by atoms with E-state index in [1.165, 1.54) is 18.2 Å². The molecule has 13 heavy (non-hydrogen) atoms. The molecule has 0 saturated heterocycles. The molecule has 0 aliphatic rings. The lowest BCUT2D eigenvalue weighted by atomic mass is 10.1. The molecule has 0 aliphatic carbocycles. The van der Waals surface area contributed by atoms with Crippen LogP contribution in [-0.4, -0.2) is 5.37 Å². The van der Waals surface area contributed by atoms with E-state index in [9.17, 15) is 13.2 Å². The molecule has 68 valence electrons. The molecule has 0 bridgehead atoms.